The standard InChI is InChI=1S/C14H19FN4O/c1-20-13-7-4-5-11(14(13)15)9-19-10-12(17-18-19)6-2-3-8-16/h4-5,7,10H,2-3,6,8-9,16H2,1H3. The molecule has 0 aliphatic heterocycles. The van der Waals surface area contributed by atoms with E-state index in [2.05, 4.69) is 10.3 Å². The van der Waals surface area contributed by atoms with Gasteiger partial charge in [0.25, 0.3) is 0 Å². The van der Waals surface area contributed by atoms with Gasteiger partial charge in [0.05, 0.1) is 19.3 Å². The fraction of sp³-hybridized carbons (Fsp3) is 0.429. The van der Waals surface area contributed by atoms with E-state index >= 15 is 0 Å². The molecule has 0 spiro atoms. The number of hydrogen-bond donors (Lipinski definition) is 1. The highest BCUT2D eigenvalue weighted by Gasteiger charge is 2.09. The summed E-state index contributed by atoms with van der Waals surface area (Å²) in [6.45, 7) is 1.02. The Kier molecular flexibility index (Phi) is 5.06. The topological polar surface area (TPSA) is 66.0 Å². The molecule has 1 heterocycles. The van der Waals surface area contributed by atoms with Gasteiger partial charge in [0.2, 0.25) is 0 Å². The Morgan fingerprint density at radius 3 is 2.95 bits per heavy atom. The molecule has 20 heavy (non-hydrogen) atoms. The average molecular weight is 278 g/mol. The van der Waals surface area contributed by atoms with Crippen molar-refractivity contribution in [3.63, 3.8) is 0 Å². The second-order valence-electron chi connectivity index (χ2n) is 4.59. The SMILES string of the molecule is COc1cccc(Cn2cc(CCCCN)nn2)c1F. The second-order valence-corrected chi connectivity index (χ2v) is 4.59. The molecule has 0 bridgehead atoms. The van der Waals surface area contributed by atoms with Gasteiger partial charge in [-0.3, -0.25) is 0 Å². The van der Waals surface area contributed by atoms with Crippen LogP contribution in [0, 0.1) is 5.82 Å². The summed E-state index contributed by atoms with van der Waals surface area (Å²) in [4.78, 5) is 0. The number of nitrogens with zero attached hydrogens (tertiary/aromatic N) is 3. The number of nitrogens with two attached hydrogens (primary N) is 1. The molecule has 0 amide bonds. The third-order valence-corrected chi connectivity index (χ3v) is 3.07. The van der Waals surface area contributed by atoms with Crippen molar-refractivity contribution in [1.29, 1.82) is 0 Å². The Bertz CT molecular complexity index is 556. The minimum atomic E-state index is -0.352. The minimum absolute atomic E-state index is 0.241. The van der Waals surface area contributed by atoms with Gasteiger partial charge in [0, 0.05) is 11.8 Å². The highest BCUT2D eigenvalue weighted by Crippen LogP contribution is 2.20. The number of aromatic nitrogens is 3. The first kappa shape index (κ1) is 14.5. The van der Waals surface area contributed by atoms with E-state index in [1.165, 1.54) is 7.11 Å². The summed E-state index contributed by atoms with van der Waals surface area (Å²) in [7, 11) is 1.45. The first-order valence-electron chi connectivity index (χ1n) is 6.65. The quantitative estimate of drug-likeness (QED) is 0.784. The van der Waals surface area contributed by atoms with E-state index in [-0.39, 0.29) is 11.6 Å². The molecule has 1 aromatic carbocycles. The zero-order chi connectivity index (χ0) is 14.4. The van der Waals surface area contributed by atoms with E-state index in [0.717, 1.165) is 25.0 Å². The maximum Gasteiger partial charge on any atom is 0.170 e. The normalized spacial score (nSPS) is 10.8. The molecule has 0 saturated heterocycles. The van der Waals surface area contributed by atoms with Crippen LogP contribution in [-0.4, -0.2) is 28.6 Å². The lowest BCUT2D eigenvalue weighted by Crippen LogP contribution is -2.03. The van der Waals surface area contributed by atoms with E-state index < -0.39 is 0 Å². The zero-order valence-electron chi connectivity index (χ0n) is 11.6. The van der Waals surface area contributed by atoms with Crippen LogP contribution < -0.4 is 10.5 Å². The van der Waals surface area contributed by atoms with Gasteiger partial charge < -0.3 is 10.5 Å². The molecule has 1 aromatic heterocycles. The van der Waals surface area contributed by atoms with Crippen molar-refractivity contribution in [2.45, 2.75) is 25.8 Å². The number of rotatable bonds is 7. The zero-order valence-corrected chi connectivity index (χ0v) is 11.6. The summed E-state index contributed by atoms with van der Waals surface area (Å²) >= 11 is 0. The van der Waals surface area contributed by atoms with Crippen LogP contribution in [0.25, 0.3) is 0 Å². The summed E-state index contributed by atoms with van der Waals surface area (Å²) in [6.07, 6.45) is 4.65. The van der Waals surface area contributed by atoms with E-state index in [1.807, 2.05) is 6.20 Å². The molecule has 2 rings (SSSR count). The lowest BCUT2D eigenvalue weighted by atomic mass is 10.2. The largest absolute Gasteiger partial charge is 0.494 e. The van der Waals surface area contributed by atoms with Crippen LogP contribution in [0.1, 0.15) is 24.1 Å². The molecule has 2 N–H and O–H groups in total. The molecular weight excluding hydrogens is 259 g/mol. The van der Waals surface area contributed by atoms with Gasteiger partial charge in [-0.25, -0.2) is 9.07 Å². The first-order chi connectivity index (χ1) is 9.74. The number of halogens is 1. The number of ether oxygens (including phenoxy) is 1. The van der Waals surface area contributed by atoms with E-state index in [4.69, 9.17) is 10.5 Å². The van der Waals surface area contributed by atoms with E-state index in [1.54, 1.807) is 22.9 Å². The third-order valence-electron chi connectivity index (χ3n) is 3.07. The molecule has 0 fully saturated rings. The highest BCUT2D eigenvalue weighted by molar-refractivity contribution is 5.31. The van der Waals surface area contributed by atoms with Gasteiger partial charge >= 0.3 is 0 Å². The van der Waals surface area contributed by atoms with Gasteiger partial charge in [-0.2, -0.15) is 0 Å². The number of hydrogen-bond acceptors (Lipinski definition) is 4. The molecule has 0 saturated carbocycles. The number of benzene rings is 1. The smallest absolute Gasteiger partial charge is 0.170 e. The van der Waals surface area contributed by atoms with Crippen LogP contribution >= 0.6 is 0 Å². The van der Waals surface area contributed by atoms with Crippen molar-refractivity contribution in [2.75, 3.05) is 13.7 Å². The summed E-state index contributed by atoms with van der Waals surface area (Å²) in [6, 6.07) is 5.07. The fourth-order valence-electron chi connectivity index (χ4n) is 1.99. The van der Waals surface area contributed by atoms with Crippen molar-refractivity contribution in [2.24, 2.45) is 5.73 Å². The van der Waals surface area contributed by atoms with Gasteiger partial charge in [0.1, 0.15) is 0 Å². The van der Waals surface area contributed by atoms with Crippen LogP contribution in [0.15, 0.2) is 24.4 Å². The Hall–Kier alpha value is -1.95. The Balaban J connectivity index is 2.03. The monoisotopic (exact) mass is 278 g/mol. The number of aryl methyl sites for hydroxylation is 1. The van der Waals surface area contributed by atoms with Crippen LogP contribution in [0.2, 0.25) is 0 Å². The van der Waals surface area contributed by atoms with Crippen LogP contribution in [0.3, 0.4) is 0 Å². The Labute approximate surface area is 117 Å². The van der Waals surface area contributed by atoms with Crippen molar-refractivity contribution in [3.05, 3.63) is 41.5 Å². The van der Waals surface area contributed by atoms with Crippen LogP contribution in [-0.2, 0) is 13.0 Å². The fourth-order valence-corrected chi connectivity index (χ4v) is 1.99. The lowest BCUT2D eigenvalue weighted by molar-refractivity contribution is 0.383. The predicted molar refractivity (Wildman–Crippen MR) is 74.1 cm³/mol. The Morgan fingerprint density at radius 1 is 1.35 bits per heavy atom. The summed E-state index contributed by atoms with van der Waals surface area (Å²) < 4.78 is 20.6. The van der Waals surface area contributed by atoms with E-state index in [0.29, 0.717) is 18.7 Å². The number of unbranched alkanes of at least 4 members (excludes halogenated alkanes) is 1. The highest BCUT2D eigenvalue weighted by atomic mass is 19.1. The lowest BCUT2D eigenvalue weighted by Gasteiger charge is -2.06. The summed E-state index contributed by atoms with van der Waals surface area (Å²) in [5.41, 5.74) is 6.88. The minimum Gasteiger partial charge on any atom is -0.494 e. The molecule has 2 aromatic rings. The summed E-state index contributed by atoms with van der Waals surface area (Å²) in [5.74, 6) is -0.110. The van der Waals surface area contributed by atoms with Gasteiger partial charge in [-0.05, 0) is 31.9 Å². The van der Waals surface area contributed by atoms with Crippen LogP contribution in [0.5, 0.6) is 5.75 Å². The molecule has 0 radical (unpaired) electrons. The maximum atomic E-state index is 14.0. The number of methoxy groups -OCH3 is 1. The predicted octanol–water partition coefficient (Wildman–Crippen LogP) is 1.76. The van der Waals surface area contributed by atoms with Crippen molar-refractivity contribution in [1.82, 2.24) is 15.0 Å². The molecule has 108 valence electrons. The third kappa shape index (κ3) is 3.54. The van der Waals surface area contributed by atoms with Crippen LogP contribution in [0.4, 0.5) is 4.39 Å². The molecule has 0 atom stereocenters. The Morgan fingerprint density at radius 2 is 2.20 bits per heavy atom. The van der Waals surface area contributed by atoms with Crippen molar-refractivity contribution < 1.29 is 9.13 Å². The molecular formula is C14H19FN4O. The van der Waals surface area contributed by atoms with Crippen molar-refractivity contribution in [3.8, 4) is 5.75 Å². The van der Waals surface area contributed by atoms with Gasteiger partial charge in [-0.1, -0.05) is 17.3 Å². The van der Waals surface area contributed by atoms with Gasteiger partial charge in [-0.15, -0.1) is 5.10 Å². The van der Waals surface area contributed by atoms with Crippen molar-refractivity contribution >= 4 is 0 Å². The molecule has 0 aliphatic carbocycles. The van der Waals surface area contributed by atoms with Gasteiger partial charge in [0.15, 0.2) is 11.6 Å². The second kappa shape index (κ2) is 7.00. The molecule has 0 unspecified atom stereocenters. The van der Waals surface area contributed by atoms with E-state index in [9.17, 15) is 4.39 Å². The summed E-state index contributed by atoms with van der Waals surface area (Å²) in [5, 5.41) is 8.09. The average Bonchev–Trinajstić information content (AvgIpc) is 2.89. The first-order valence-corrected chi connectivity index (χ1v) is 6.65. The molecule has 5 nitrogen and oxygen atoms in total. The molecule has 6 heteroatoms. The molecule has 0 aliphatic rings. The maximum absolute atomic E-state index is 14.0.